The van der Waals surface area contributed by atoms with Crippen molar-refractivity contribution in [3.05, 3.63) is 29.8 Å². The van der Waals surface area contributed by atoms with E-state index in [0.29, 0.717) is 26.0 Å². The molecule has 0 radical (unpaired) electrons. The normalized spacial score (nSPS) is 20.6. The molecular weight excluding hydrogens is 374 g/mol. The summed E-state index contributed by atoms with van der Waals surface area (Å²) in [6.45, 7) is 5.06. The topological polar surface area (TPSA) is 97.0 Å². The molecule has 158 valence electrons. The minimum absolute atomic E-state index is 0.165. The zero-order valence-corrected chi connectivity index (χ0v) is 17.0. The number of hydrogen-bond acceptors (Lipinski definition) is 5. The van der Waals surface area contributed by atoms with Crippen LogP contribution in [0, 0.1) is 0 Å². The van der Waals surface area contributed by atoms with Gasteiger partial charge in [-0.1, -0.05) is 26.0 Å². The molecule has 2 aliphatic rings. The molecule has 0 aliphatic carbocycles. The average molecular weight is 403 g/mol. The summed E-state index contributed by atoms with van der Waals surface area (Å²) in [6, 6.07) is 6.94. The second-order valence-electron chi connectivity index (χ2n) is 7.48. The van der Waals surface area contributed by atoms with Crippen molar-refractivity contribution < 1.29 is 23.9 Å². The van der Waals surface area contributed by atoms with Gasteiger partial charge in [0.15, 0.2) is 0 Å². The number of carbonyl (C=O) groups excluding carboxylic acids is 3. The van der Waals surface area contributed by atoms with E-state index in [0.717, 1.165) is 35.7 Å². The fourth-order valence-electron chi connectivity index (χ4n) is 3.62. The number of ether oxygens (including phenoxy) is 2. The maximum absolute atomic E-state index is 12.5. The van der Waals surface area contributed by atoms with Crippen LogP contribution in [-0.2, 0) is 20.9 Å². The van der Waals surface area contributed by atoms with E-state index in [1.54, 1.807) is 0 Å². The van der Waals surface area contributed by atoms with Crippen LogP contribution in [0.3, 0.4) is 0 Å². The summed E-state index contributed by atoms with van der Waals surface area (Å²) in [5.41, 5.74) is 0.00739. The SMILES string of the molecule is CCC1(CC)NC(=O)N(CC(=O)NCc2ccc(OCC3CCCO3)cc2)C1=O. The van der Waals surface area contributed by atoms with E-state index in [1.165, 1.54) is 0 Å². The summed E-state index contributed by atoms with van der Waals surface area (Å²) < 4.78 is 11.3. The van der Waals surface area contributed by atoms with Crippen molar-refractivity contribution in [2.75, 3.05) is 19.8 Å². The van der Waals surface area contributed by atoms with Gasteiger partial charge in [0, 0.05) is 13.2 Å². The second-order valence-corrected chi connectivity index (χ2v) is 7.48. The zero-order valence-electron chi connectivity index (χ0n) is 17.0. The van der Waals surface area contributed by atoms with Crippen molar-refractivity contribution >= 4 is 17.8 Å². The van der Waals surface area contributed by atoms with Crippen LogP contribution in [-0.4, -0.2) is 54.1 Å². The quantitative estimate of drug-likeness (QED) is 0.615. The average Bonchev–Trinajstić information content (AvgIpc) is 3.34. The van der Waals surface area contributed by atoms with E-state index in [-0.39, 0.29) is 24.5 Å². The lowest BCUT2D eigenvalue weighted by Crippen LogP contribution is -2.46. The molecule has 8 heteroatoms. The molecule has 2 aliphatic heterocycles. The van der Waals surface area contributed by atoms with Gasteiger partial charge in [-0.3, -0.25) is 14.5 Å². The summed E-state index contributed by atoms with van der Waals surface area (Å²) in [7, 11) is 0. The monoisotopic (exact) mass is 403 g/mol. The summed E-state index contributed by atoms with van der Waals surface area (Å²) in [5, 5.41) is 5.47. The van der Waals surface area contributed by atoms with Crippen LogP contribution in [0.1, 0.15) is 45.1 Å². The molecule has 1 unspecified atom stereocenters. The highest BCUT2D eigenvalue weighted by molar-refractivity contribution is 6.08. The molecule has 1 aromatic rings. The number of rotatable bonds is 9. The molecule has 1 atom stereocenters. The molecule has 0 spiro atoms. The molecule has 0 saturated carbocycles. The number of benzene rings is 1. The molecule has 1 aromatic carbocycles. The first-order valence-electron chi connectivity index (χ1n) is 10.2. The lowest BCUT2D eigenvalue weighted by molar-refractivity contribution is -0.135. The maximum atomic E-state index is 12.5. The standard InChI is InChI=1S/C21H29N3O5/c1-3-21(4-2)19(26)24(20(27)23-21)13-18(25)22-12-15-7-9-16(10-8-15)29-14-17-6-5-11-28-17/h7-10,17H,3-6,11-14H2,1-2H3,(H,22,25)(H,23,27). The van der Waals surface area contributed by atoms with Crippen molar-refractivity contribution in [3.63, 3.8) is 0 Å². The Morgan fingerprint density at radius 1 is 1.28 bits per heavy atom. The third-order valence-corrected chi connectivity index (χ3v) is 5.63. The number of urea groups is 1. The van der Waals surface area contributed by atoms with E-state index < -0.39 is 11.6 Å². The highest BCUT2D eigenvalue weighted by atomic mass is 16.5. The second kappa shape index (κ2) is 9.26. The van der Waals surface area contributed by atoms with Crippen molar-refractivity contribution in [1.29, 1.82) is 0 Å². The molecule has 0 aromatic heterocycles. The minimum atomic E-state index is -0.892. The lowest BCUT2D eigenvalue weighted by Gasteiger charge is -2.23. The fourth-order valence-corrected chi connectivity index (χ4v) is 3.62. The van der Waals surface area contributed by atoms with Crippen molar-refractivity contribution in [2.45, 2.75) is 57.7 Å². The number of carbonyl (C=O) groups is 3. The third kappa shape index (κ3) is 4.87. The molecule has 2 N–H and O–H groups in total. The first-order chi connectivity index (χ1) is 14.0. The van der Waals surface area contributed by atoms with Crippen LogP contribution < -0.4 is 15.4 Å². The number of amides is 4. The Bertz CT molecular complexity index is 739. The Labute approximate surface area is 170 Å². The molecule has 29 heavy (non-hydrogen) atoms. The predicted octanol–water partition coefficient (Wildman–Crippen LogP) is 1.97. The van der Waals surface area contributed by atoms with E-state index in [1.807, 2.05) is 38.1 Å². The Balaban J connectivity index is 1.45. The molecule has 4 amide bonds. The van der Waals surface area contributed by atoms with Gasteiger partial charge in [0.25, 0.3) is 5.91 Å². The van der Waals surface area contributed by atoms with Gasteiger partial charge in [-0.15, -0.1) is 0 Å². The van der Waals surface area contributed by atoms with Gasteiger partial charge in [-0.25, -0.2) is 4.79 Å². The van der Waals surface area contributed by atoms with Crippen molar-refractivity contribution in [1.82, 2.24) is 15.5 Å². The Kier molecular flexibility index (Phi) is 6.74. The molecular formula is C21H29N3O5. The van der Waals surface area contributed by atoms with Crippen LogP contribution >= 0.6 is 0 Å². The van der Waals surface area contributed by atoms with Crippen molar-refractivity contribution in [2.24, 2.45) is 0 Å². The van der Waals surface area contributed by atoms with E-state index in [4.69, 9.17) is 9.47 Å². The predicted molar refractivity (Wildman–Crippen MR) is 106 cm³/mol. The number of imide groups is 1. The minimum Gasteiger partial charge on any atom is -0.491 e. The summed E-state index contributed by atoms with van der Waals surface area (Å²) in [5.74, 6) is 0.0380. The Morgan fingerprint density at radius 2 is 2.00 bits per heavy atom. The number of hydrogen-bond donors (Lipinski definition) is 2. The first-order valence-corrected chi connectivity index (χ1v) is 10.2. The molecule has 0 bridgehead atoms. The Hall–Kier alpha value is -2.61. The zero-order chi connectivity index (χ0) is 20.9. The highest BCUT2D eigenvalue weighted by Gasteiger charge is 2.49. The summed E-state index contributed by atoms with van der Waals surface area (Å²) >= 11 is 0. The van der Waals surface area contributed by atoms with Gasteiger partial charge >= 0.3 is 6.03 Å². The third-order valence-electron chi connectivity index (χ3n) is 5.63. The van der Waals surface area contributed by atoms with Crippen LogP contribution in [0.15, 0.2) is 24.3 Å². The van der Waals surface area contributed by atoms with Crippen LogP contribution in [0.2, 0.25) is 0 Å². The van der Waals surface area contributed by atoms with Crippen LogP contribution in [0.25, 0.3) is 0 Å². The Morgan fingerprint density at radius 3 is 2.59 bits per heavy atom. The fraction of sp³-hybridized carbons (Fsp3) is 0.571. The van der Waals surface area contributed by atoms with Crippen LogP contribution in [0.5, 0.6) is 5.75 Å². The number of nitrogens with zero attached hydrogens (tertiary/aromatic N) is 1. The molecule has 8 nitrogen and oxygen atoms in total. The summed E-state index contributed by atoms with van der Waals surface area (Å²) in [6.07, 6.45) is 3.26. The van der Waals surface area contributed by atoms with Gasteiger partial charge in [0.05, 0.1) is 6.10 Å². The lowest BCUT2D eigenvalue weighted by atomic mass is 9.93. The largest absolute Gasteiger partial charge is 0.491 e. The molecule has 2 saturated heterocycles. The van der Waals surface area contributed by atoms with Crippen LogP contribution in [0.4, 0.5) is 4.79 Å². The van der Waals surface area contributed by atoms with Gasteiger partial charge in [0.1, 0.15) is 24.4 Å². The van der Waals surface area contributed by atoms with E-state index >= 15 is 0 Å². The smallest absolute Gasteiger partial charge is 0.325 e. The van der Waals surface area contributed by atoms with Gasteiger partial charge in [-0.05, 0) is 43.4 Å². The van der Waals surface area contributed by atoms with Gasteiger partial charge < -0.3 is 20.1 Å². The highest BCUT2D eigenvalue weighted by Crippen LogP contribution is 2.24. The summed E-state index contributed by atoms with van der Waals surface area (Å²) in [4.78, 5) is 37.9. The van der Waals surface area contributed by atoms with Gasteiger partial charge in [0.2, 0.25) is 5.91 Å². The molecule has 3 rings (SSSR count). The molecule has 2 heterocycles. The van der Waals surface area contributed by atoms with Gasteiger partial charge in [-0.2, -0.15) is 0 Å². The number of nitrogens with one attached hydrogen (secondary N) is 2. The van der Waals surface area contributed by atoms with E-state index in [9.17, 15) is 14.4 Å². The maximum Gasteiger partial charge on any atom is 0.325 e. The van der Waals surface area contributed by atoms with Crippen molar-refractivity contribution in [3.8, 4) is 5.75 Å². The first kappa shape index (κ1) is 21.1. The molecule has 2 fully saturated rings. The van der Waals surface area contributed by atoms with E-state index in [2.05, 4.69) is 10.6 Å².